The zero-order chi connectivity index (χ0) is 20.1. The summed E-state index contributed by atoms with van der Waals surface area (Å²) in [4.78, 5) is 28.5. The third kappa shape index (κ3) is 4.70. The molecule has 0 radical (unpaired) electrons. The molecule has 146 valence electrons. The number of aryl methyl sites for hydroxylation is 2. The van der Waals surface area contributed by atoms with E-state index in [2.05, 4.69) is 15.5 Å². The largest absolute Gasteiger partial charge is 0.361 e. The van der Waals surface area contributed by atoms with Crippen molar-refractivity contribution in [3.05, 3.63) is 69.8 Å². The van der Waals surface area contributed by atoms with Gasteiger partial charge < -0.3 is 9.84 Å². The van der Waals surface area contributed by atoms with Crippen LogP contribution in [0.5, 0.6) is 0 Å². The molecule has 0 fully saturated rings. The van der Waals surface area contributed by atoms with Crippen molar-refractivity contribution in [1.29, 1.82) is 0 Å². The van der Waals surface area contributed by atoms with Gasteiger partial charge in [0.15, 0.2) is 0 Å². The van der Waals surface area contributed by atoms with Gasteiger partial charge in [-0.15, -0.1) is 0 Å². The Kier molecular flexibility index (Phi) is 5.98. The van der Waals surface area contributed by atoms with Crippen molar-refractivity contribution in [2.45, 2.75) is 33.2 Å². The number of carbonyl (C=O) groups is 1. The number of carbonyl (C=O) groups excluding carboxylic acids is 1. The van der Waals surface area contributed by atoms with Gasteiger partial charge in [0, 0.05) is 36.7 Å². The Balaban J connectivity index is 1.51. The lowest BCUT2D eigenvalue weighted by atomic mass is 10.1. The Morgan fingerprint density at radius 2 is 2.00 bits per heavy atom. The van der Waals surface area contributed by atoms with E-state index in [1.165, 1.54) is 29.1 Å². The molecule has 2 aromatic heterocycles. The summed E-state index contributed by atoms with van der Waals surface area (Å²) in [6, 6.07) is 7.18. The van der Waals surface area contributed by atoms with Crippen LogP contribution in [0.25, 0.3) is 11.3 Å². The number of hydrogen-bond donors (Lipinski definition) is 1. The van der Waals surface area contributed by atoms with Gasteiger partial charge in [0.1, 0.15) is 11.6 Å². The maximum Gasteiger partial charge on any atom is 0.253 e. The van der Waals surface area contributed by atoms with Crippen molar-refractivity contribution in [2.24, 2.45) is 0 Å². The third-order valence-electron chi connectivity index (χ3n) is 4.48. The van der Waals surface area contributed by atoms with Crippen LogP contribution in [-0.2, 0) is 17.8 Å². The first-order chi connectivity index (χ1) is 13.4. The fraction of sp³-hybridized carbons (Fsp3) is 0.300. The second-order valence-corrected chi connectivity index (χ2v) is 6.47. The van der Waals surface area contributed by atoms with Crippen molar-refractivity contribution in [1.82, 2.24) is 20.0 Å². The van der Waals surface area contributed by atoms with Gasteiger partial charge >= 0.3 is 0 Å². The molecule has 1 N–H and O–H groups in total. The van der Waals surface area contributed by atoms with E-state index in [1.807, 2.05) is 13.8 Å². The Bertz CT molecular complexity index is 1010. The molecule has 1 aromatic carbocycles. The summed E-state index contributed by atoms with van der Waals surface area (Å²) >= 11 is 0. The number of amides is 1. The number of benzene rings is 1. The third-order valence-corrected chi connectivity index (χ3v) is 4.48. The molecule has 0 aliphatic heterocycles. The minimum Gasteiger partial charge on any atom is -0.361 e. The van der Waals surface area contributed by atoms with Crippen molar-refractivity contribution in [2.75, 3.05) is 6.54 Å². The van der Waals surface area contributed by atoms with E-state index in [0.29, 0.717) is 37.2 Å². The van der Waals surface area contributed by atoms with E-state index in [1.54, 1.807) is 12.1 Å². The predicted molar refractivity (Wildman–Crippen MR) is 101 cm³/mol. The first kappa shape index (κ1) is 19.5. The summed E-state index contributed by atoms with van der Waals surface area (Å²) in [6.07, 6.45) is 2.30. The number of rotatable bonds is 7. The second-order valence-electron chi connectivity index (χ2n) is 6.47. The van der Waals surface area contributed by atoms with Crippen LogP contribution in [0.15, 0.2) is 46.0 Å². The van der Waals surface area contributed by atoms with Crippen LogP contribution < -0.4 is 10.9 Å². The average Bonchev–Trinajstić information content (AvgIpc) is 3.00. The molecule has 0 unspecified atom stereocenters. The topological polar surface area (TPSA) is 90.0 Å². The van der Waals surface area contributed by atoms with E-state index < -0.39 is 0 Å². The van der Waals surface area contributed by atoms with Crippen LogP contribution in [0.3, 0.4) is 0 Å². The number of hydrogen-bond acceptors (Lipinski definition) is 5. The molecule has 3 rings (SSSR count). The monoisotopic (exact) mass is 384 g/mol. The standard InChI is InChI=1S/C20H21FN4O3/c1-13-17(14(2)28-24-13)7-8-19(26)22-9-10-25-12-23-18(11-20(25)27)15-3-5-16(21)6-4-15/h3-6,11-12H,7-10H2,1-2H3,(H,22,26). The normalized spacial score (nSPS) is 10.8. The van der Waals surface area contributed by atoms with E-state index in [9.17, 15) is 14.0 Å². The van der Waals surface area contributed by atoms with Gasteiger partial charge in [-0.25, -0.2) is 9.37 Å². The minimum atomic E-state index is -0.345. The molecule has 0 saturated heterocycles. The first-order valence-corrected chi connectivity index (χ1v) is 8.95. The summed E-state index contributed by atoms with van der Waals surface area (Å²) in [5, 5.41) is 6.66. The van der Waals surface area contributed by atoms with E-state index in [4.69, 9.17) is 4.52 Å². The predicted octanol–water partition coefficient (Wildman–Crippen LogP) is 2.40. The second kappa shape index (κ2) is 8.60. The van der Waals surface area contributed by atoms with Gasteiger partial charge in [-0.1, -0.05) is 5.16 Å². The number of nitrogens with one attached hydrogen (secondary N) is 1. The van der Waals surface area contributed by atoms with Gasteiger partial charge in [-0.05, 0) is 44.5 Å². The molecule has 28 heavy (non-hydrogen) atoms. The van der Waals surface area contributed by atoms with Crippen LogP contribution in [0, 0.1) is 19.7 Å². The highest BCUT2D eigenvalue weighted by Crippen LogP contribution is 2.15. The lowest BCUT2D eigenvalue weighted by molar-refractivity contribution is -0.121. The minimum absolute atomic E-state index is 0.107. The van der Waals surface area contributed by atoms with E-state index >= 15 is 0 Å². The zero-order valence-corrected chi connectivity index (χ0v) is 15.7. The van der Waals surface area contributed by atoms with Crippen LogP contribution in [0.4, 0.5) is 4.39 Å². The summed E-state index contributed by atoms with van der Waals surface area (Å²) in [6.45, 7) is 4.30. The number of aromatic nitrogens is 3. The fourth-order valence-corrected chi connectivity index (χ4v) is 2.87. The molecule has 0 aliphatic carbocycles. The molecule has 0 spiro atoms. The van der Waals surface area contributed by atoms with Crippen LogP contribution >= 0.6 is 0 Å². The molecular formula is C20H21FN4O3. The summed E-state index contributed by atoms with van der Waals surface area (Å²) in [5.41, 5.74) is 2.65. The van der Waals surface area contributed by atoms with Crippen molar-refractivity contribution >= 4 is 5.91 Å². The van der Waals surface area contributed by atoms with Crippen molar-refractivity contribution < 1.29 is 13.7 Å². The molecule has 0 aliphatic rings. The molecule has 1 amide bonds. The molecule has 8 heteroatoms. The van der Waals surface area contributed by atoms with Crippen molar-refractivity contribution in [3.63, 3.8) is 0 Å². The zero-order valence-electron chi connectivity index (χ0n) is 15.7. The average molecular weight is 384 g/mol. The molecule has 7 nitrogen and oxygen atoms in total. The molecular weight excluding hydrogens is 363 g/mol. The van der Waals surface area contributed by atoms with Crippen LogP contribution in [-0.4, -0.2) is 27.2 Å². The smallest absolute Gasteiger partial charge is 0.253 e. The van der Waals surface area contributed by atoms with Gasteiger partial charge in [0.05, 0.1) is 17.7 Å². The quantitative estimate of drug-likeness (QED) is 0.676. The Labute approximate surface area is 161 Å². The molecule has 3 aromatic rings. The van der Waals surface area contributed by atoms with Gasteiger partial charge in [-0.3, -0.25) is 14.2 Å². The van der Waals surface area contributed by atoms with Crippen molar-refractivity contribution in [3.8, 4) is 11.3 Å². The molecule has 0 atom stereocenters. The highest BCUT2D eigenvalue weighted by Gasteiger charge is 2.11. The SMILES string of the molecule is Cc1noc(C)c1CCC(=O)NCCn1cnc(-c2ccc(F)cc2)cc1=O. The lowest BCUT2D eigenvalue weighted by Crippen LogP contribution is -2.31. The Hall–Kier alpha value is -3.29. The molecule has 0 saturated carbocycles. The lowest BCUT2D eigenvalue weighted by Gasteiger charge is -2.08. The summed E-state index contributed by atoms with van der Waals surface area (Å²) < 4.78 is 19.5. The van der Waals surface area contributed by atoms with Crippen LogP contribution in [0.1, 0.15) is 23.4 Å². The van der Waals surface area contributed by atoms with Gasteiger partial charge in [0.2, 0.25) is 5.91 Å². The van der Waals surface area contributed by atoms with E-state index in [-0.39, 0.29) is 17.3 Å². The Morgan fingerprint density at radius 1 is 1.25 bits per heavy atom. The van der Waals surface area contributed by atoms with Gasteiger partial charge in [-0.2, -0.15) is 0 Å². The maximum absolute atomic E-state index is 13.0. The molecule has 2 heterocycles. The Morgan fingerprint density at radius 3 is 2.64 bits per heavy atom. The van der Waals surface area contributed by atoms with Gasteiger partial charge in [0.25, 0.3) is 5.56 Å². The maximum atomic E-state index is 13.0. The first-order valence-electron chi connectivity index (χ1n) is 8.95. The summed E-state index contributed by atoms with van der Waals surface area (Å²) in [5.74, 6) is 0.273. The molecule has 0 bridgehead atoms. The fourth-order valence-electron chi connectivity index (χ4n) is 2.87. The summed E-state index contributed by atoms with van der Waals surface area (Å²) in [7, 11) is 0. The highest BCUT2D eigenvalue weighted by atomic mass is 19.1. The number of halogens is 1. The van der Waals surface area contributed by atoms with E-state index in [0.717, 1.165) is 17.0 Å². The number of nitrogens with zero attached hydrogens (tertiary/aromatic N) is 3. The van der Waals surface area contributed by atoms with Crippen LogP contribution in [0.2, 0.25) is 0 Å². The highest BCUT2D eigenvalue weighted by molar-refractivity contribution is 5.76.